The Morgan fingerprint density at radius 3 is 2.88 bits per heavy atom. The van der Waals surface area contributed by atoms with Crippen molar-refractivity contribution in [1.82, 2.24) is 9.97 Å². The summed E-state index contributed by atoms with van der Waals surface area (Å²) in [6, 6.07) is 5.50. The van der Waals surface area contributed by atoms with Gasteiger partial charge in [-0.1, -0.05) is 29.8 Å². The van der Waals surface area contributed by atoms with Crippen LogP contribution in [0.25, 0.3) is 10.9 Å². The highest BCUT2D eigenvalue weighted by atomic mass is 16.4. The molecule has 0 aliphatic carbocycles. The van der Waals surface area contributed by atoms with Crippen molar-refractivity contribution in [3.8, 4) is 11.8 Å². The third kappa shape index (κ3) is 3.87. The Kier molecular flexibility index (Phi) is 5.87. The van der Waals surface area contributed by atoms with Gasteiger partial charge in [0.05, 0.1) is 5.52 Å². The van der Waals surface area contributed by atoms with Gasteiger partial charge in [-0.15, -0.1) is 0 Å². The lowest BCUT2D eigenvalue weighted by molar-refractivity contribution is 0.320. The molecule has 0 atom stereocenters. The van der Waals surface area contributed by atoms with Crippen LogP contribution in [0.2, 0.25) is 0 Å². The average molecular weight is 318 g/mol. The van der Waals surface area contributed by atoms with E-state index in [0.29, 0.717) is 17.1 Å². The number of rotatable bonds is 5. The summed E-state index contributed by atoms with van der Waals surface area (Å²) in [5, 5.41) is 16.4. The molecule has 0 aliphatic heterocycles. The first-order chi connectivity index (χ1) is 11.7. The molecule has 24 heavy (non-hydrogen) atoms. The van der Waals surface area contributed by atoms with Gasteiger partial charge in [-0.25, -0.2) is 9.97 Å². The quantitative estimate of drug-likeness (QED) is 0.288. The maximum absolute atomic E-state index is 9.15. The lowest BCUT2D eigenvalue weighted by Gasteiger charge is -2.10. The molecule has 0 unspecified atom stereocenters. The maximum Gasteiger partial charge on any atom is 0.159 e. The number of allylic oxidation sites excluding steroid dienone is 4. The predicted octanol–water partition coefficient (Wildman–Crippen LogP) is 3.89. The second kappa shape index (κ2) is 8.30. The number of aromatic nitrogens is 2. The minimum Gasteiger partial charge on any atom is -0.410 e. The van der Waals surface area contributed by atoms with Crippen LogP contribution in [0.5, 0.6) is 0 Å². The zero-order valence-corrected chi connectivity index (χ0v) is 13.6. The van der Waals surface area contributed by atoms with E-state index in [1.807, 2.05) is 43.4 Å². The van der Waals surface area contributed by atoms with Gasteiger partial charge in [-0.05, 0) is 50.1 Å². The zero-order chi connectivity index (χ0) is 17.4. The van der Waals surface area contributed by atoms with Gasteiger partial charge in [0.15, 0.2) is 5.71 Å². The molecule has 2 rings (SSSR count). The summed E-state index contributed by atoms with van der Waals surface area (Å²) in [5.41, 5.74) is 2.61. The largest absolute Gasteiger partial charge is 0.410 e. The molecule has 0 radical (unpaired) electrons. The number of oxime groups is 1. The lowest BCUT2D eigenvalue weighted by atomic mass is 10.1. The predicted molar refractivity (Wildman–Crippen MR) is 98.0 cm³/mol. The average Bonchev–Trinajstić information content (AvgIpc) is 2.60. The first kappa shape index (κ1) is 17.0. The first-order valence-electron chi connectivity index (χ1n) is 7.35. The topological polar surface area (TPSA) is 70.4 Å². The second-order valence-corrected chi connectivity index (χ2v) is 4.76. The molecular weight excluding hydrogens is 300 g/mol. The highest BCUT2D eigenvalue weighted by molar-refractivity contribution is 6.14. The minimum atomic E-state index is 0.296. The van der Waals surface area contributed by atoms with Crippen LogP contribution in [0.1, 0.15) is 19.4 Å². The van der Waals surface area contributed by atoms with Crippen molar-refractivity contribution in [1.29, 1.82) is 0 Å². The number of anilines is 1. The molecule has 2 N–H and O–H groups in total. The molecule has 0 saturated carbocycles. The van der Waals surface area contributed by atoms with Crippen LogP contribution < -0.4 is 5.32 Å². The monoisotopic (exact) mass is 318 g/mol. The molecule has 1 aromatic carbocycles. The van der Waals surface area contributed by atoms with Gasteiger partial charge < -0.3 is 10.5 Å². The van der Waals surface area contributed by atoms with Crippen molar-refractivity contribution in [2.75, 3.05) is 5.32 Å². The van der Waals surface area contributed by atoms with Crippen molar-refractivity contribution in [2.24, 2.45) is 5.16 Å². The number of hydrogen-bond donors (Lipinski definition) is 2. The molecule has 0 bridgehead atoms. The van der Waals surface area contributed by atoms with E-state index in [1.54, 1.807) is 13.0 Å². The summed E-state index contributed by atoms with van der Waals surface area (Å²) < 4.78 is 0. The third-order valence-electron chi connectivity index (χ3n) is 3.16. The SMILES string of the molecule is C=C/C=C(\C=C/C)Nc1ncnc2ccc(/C(C#CC)=N/O)cc12. The Labute approximate surface area is 141 Å². The van der Waals surface area contributed by atoms with Crippen LogP contribution in [-0.4, -0.2) is 20.9 Å². The molecule has 5 heteroatoms. The molecule has 2 aromatic rings. The molecule has 0 fully saturated rings. The van der Waals surface area contributed by atoms with Gasteiger partial charge in [-0.2, -0.15) is 0 Å². The van der Waals surface area contributed by atoms with E-state index in [-0.39, 0.29) is 0 Å². The van der Waals surface area contributed by atoms with Crippen LogP contribution in [0.3, 0.4) is 0 Å². The van der Waals surface area contributed by atoms with E-state index in [1.165, 1.54) is 6.33 Å². The van der Waals surface area contributed by atoms with E-state index >= 15 is 0 Å². The van der Waals surface area contributed by atoms with E-state index in [2.05, 4.69) is 38.9 Å². The highest BCUT2D eigenvalue weighted by Crippen LogP contribution is 2.22. The molecule has 0 saturated heterocycles. The van der Waals surface area contributed by atoms with Gasteiger partial charge in [0.1, 0.15) is 12.1 Å². The Morgan fingerprint density at radius 1 is 1.38 bits per heavy atom. The Morgan fingerprint density at radius 2 is 2.21 bits per heavy atom. The van der Waals surface area contributed by atoms with E-state index in [0.717, 1.165) is 16.6 Å². The van der Waals surface area contributed by atoms with Crippen molar-refractivity contribution >= 4 is 22.4 Å². The summed E-state index contributed by atoms with van der Waals surface area (Å²) >= 11 is 0. The van der Waals surface area contributed by atoms with Gasteiger partial charge in [-0.3, -0.25) is 0 Å². The minimum absolute atomic E-state index is 0.296. The lowest BCUT2D eigenvalue weighted by Crippen LogP contribution is -2.02. The van der Waals surface area contributed by atoms with Gasteiger partial charge in [0.25, 0.3) is 0 Å². The van der Waals surface area contributed by atoms with Crippen LogP contribution in [0, 0.1) is 11.8 Å². The molecule has 1 aromatic heterocycles. The summed E-state index contributed by atoms with van der Waals surface area (Å²) in [6.45, 7) is 7.33. The van der Waals surface area contributed by atoms with Crippen molar-refractivity contribution in [3.05, 3.63) is 66.7 Å². The van der Waals surface area contributed by atoms with Crippen molar-refractivity contribution in [2.45, 2.75) is 13.8 Å². The number of nitrogens with one attached hydrogen (secondary N) is 1. The molecule has 5 nitrogen and oxygen atoms in total. The van der Waals surface area contributed by atoms with E-state index < -0.39 is 0 Å². The van der Waals surface area contributed by atoms with Crippen LogP contribution in [0.4, 0.5) is 5.82 Å². The molecular formula is C19H18N4O. The summed E-state index contributed by atoms with van der Waals surface area (Å²) in [7, 11) is 0. The maximum atomic E-state index is 9.15. The van der Waals surface area contributed by atoms with Crippen LogP contribution >= 0.6 is 0 Å². The summed E-state index contributed by atoms with van der Waals surface area (Å²) in [4.78, 5) is 8.58. The van der Waals surface area contributed by atoms with Crippen molar-refractivity contribution < 1.29 is 5.21 Å². The van der Waals surface area contributed by atoms with E-state index in [9.17, 15) is 0 Å². The van der Waals surface area contributed by atoms with Gasteiger partial charge >= 0.3 is 0 Å². The Bertz CT molecular complexity index is 898. The third-order valence-corrected chi connectivity index (χ3v) is 3.16. The van der Waals surface area contributed by atoms with Gasteiger partial charge in [0.2, 0.25) is 0 Å². The number of fused-ring (bicyclic) bond motifs is 1. The fourth-order valence-electron chi connectivity index (χ4n) is 2.16. The fourth-order valence-corrected chi connectivity index (χ4v) is 2.16. The summed E-state index contributed by atoms with van der Waals surface area (Å²) in [5.74, 6) is 6.14. The normalized spacial score (nSPS) is 12.1. The standard InChI is InChI=1S/C19H18N4O/c1-4-7-15(8-5-2)22-19-16-12-14(17(23-24)9-6-3)10-11-18(16)20-13-21-19/h4-5,7-8,10-13,24H,1H2,2-3H3,(H,20,21,22)/b8-5-,15-7+,23-17+. The molecule has 0 aliphatic rings. The fraction of sp³-hybridized carbons (Fsp3) is 0.105. The summed E-state index contributed by atoms with van der Waals surface area (Å²) in [6.07, 6.45) is 8.89. The first-order valence-corrected chi connectivity index (χ1v) is 7.35. The van der Waals surface area contributed by atoms with E-state index in [4.69, 9.17) is 5.21 Å². The molecule has 0 spiro atoms. The highest BCUT2D eigenvalue weighted by Gasteiger charge is 2.08. The Balaban J connectivity index is 2.56. The molecule has 1 heterocycles. The Hall–Kier alpha value is -3.39. The van der Waals surface area contributed by atoms with Crippen LogP contribution in [0.15, 0.2) is 66.3 Å². The smallest absolute Gasteiger partial charge is 0.159 e. The molecule has 120 valence electrons. The number of nitrogens with zero attached hydrogens (tertiary/aromatic N) is 3. The second-order valence-electron chi connectivity index (χ2n) is 4.76. The number of benzene rings is 1. The van der Waals surface area contributed by atoms with Crippen molar-refractivity contribution in [3.63, 3.8) is 0 Å². The zero-order valence-electron chi connectivity index (χ0n) is 13.6. The van der Waals surface area contributed by atoms with Crippen LogP contribution in [-0.2, 0) is 0 Å². The molecule has 0 amide bonds. The van der Waals surface area contributed by atoms with Gasteiger partial charge in [0, 0.05) is 16.6 Å². The number of hydrogen-bond acceptors (Lipinski definition) is 5.